The molecule has 0 aliphatic heterocycles. The number of nitrogens with zero attached hydrogens (tertiary/aromatic N) is 2. The largest absolute Gasteiger partial charge is 0.326 e. The first-order chi connectivity index (χ1) is 12.5. The molecule has 0 saturated heterocycles. The number of rotatable bonds is 6. The summed E-state index contributed by atoms with van der Waals surface area (Å²) < 4.78 is 25.9. The SMILES string of the molecule is Cc1cc(S(=O)(=O)N(C)C)cc(NC(=O)Cc2ccccc2[N+](=O)[O-])c1C. The second kappa shape index (κ2) is 7.85. The van der Waals surface area contributed by atoms with Gasteiger partial charge in [0.25, 0.3) is 5.69 Å². The van der Waals surface area contributed by atoms with Crippen LogP contribution < -0.4 is 5.32 Å². The molecule has 0 radical (unpaired) electrons. The Labute approximate surface area is 158 Å². The summed E-state index contributed by atoms with van der Waals surface area (Å²) in [5.41, 5.74) is 1.94. The molecule has 1 amide bonds. The quantitative estimate of drug-likeness (QED) is 0.601. The molecule has 27 heavy (non-hydrogen) atoms. The first-order valence-electron chi connectivity index (χ1n) is 8.10. The Hall–Kier alpha value is -2.78. The van der Waals surface area contributed by atoms with Crippen molar-refractivity contribution in [3.05, 3.63) is 63.2 Å². The fraction of sp³-hybridized carbons (Fsp3) is 0.278. The molecule has 0 spiro atoms. The number of amides is 1. The van der Waals surface area contributed by atoms with Crippen LogP contribution >= 0.6 is 0 Å². The summed E-state index contributed by atoms with van der Waals surface area (Å²) in [4.78, 5) is 23.0. The van der Waals surface area contributed by atoms with E-state index in [4.69, 9.17) is 0 Å². The number of anilines is 1. The lowest BCUT2D eigenvalue weighted by molar-refractivity contribution is -0.385. The standard InChI is InChI=1S/C18H21N3O5S/c1-12-9-15(27(25,26)20(3)4)11-16(13(12)2)19-18(22)10-14-7-5-6-8-17(14)21(23)24/h5-9,11H,10H2,1-4H3,(H,19,22). The molecule has 0 aromatic heterocycles. The predicted molar refractivity (Wildman–Crippen MR) is 102 cm³/mol. The average molecular weight is 391 g/mol. The van der Waals surface area contributed by atoms with Gasteiger partial charge in [-0.3, -0.25) is 14.9 Å². The molecule has 0 bridgehead atoms. The number of benzene rings is 2. The van der Waals surface area contributed by atoms with Crippen molar-refractivity contribution in [1.29, 1.82) is 0 Å². The van der Waals surface area contributed by atoms with Crippen molar-refractivity contribution in [2.45, 2.75) is 25.2 Å². The van der Waals surface area contributed by atoms with Gasteiger partial charge in [0.05, 0.1) is 16.2 Å². The van der Waals surface area contributed by atoms with Crippen LogP contribution in [0.4, 0.5) is 11.4 Å². The molecule has 2 aromatic carbocycles. The topological polar surface area (TPSA) is 110 Å². The second-order valence-electron chi connectivity index (χ2n) is 6.31. The number of sulfonamides is 1. The van der Waals surface area contributed by atoms with Gasteiger partial charge >= 0.3 is 0 Å². The first-order valence-corrected chi connectivity index (χ1v) is 9.54. The number of nitrogens with one attached hydrogen (secondary N) is 1. The molecule has 0 fully saturated rings. The van der Waals surface area contributed by atoms with E-state index in [1.54, 1.807) is 26.0 Å². The molecular weight excluding hydrogens is 370 g/mol. The van der Waals surface area contributed by atoms with E-state index in [0.717, 1.165) is 9.87 Å². The molecule has 0 saturated carbocycles. The average Bonchev–Trinajstić information content (AvgIpc) is 2.58. The Morgan fingerprint density at radius 3 is 2.41 bits per heavy atom. The predicted octanol–water partition coefficient (Wildman–Crippen LogP) is 2.64. The van der Waals surface area contributed by atoms with E-state index in [9.17, 15) is 23.3 Å². The Bertz CT molecular complexity index is 1000. The molecule has 2 rings (SSSR count). The zero-order chi connectivity index (χ0) is 20.4. The van der Waals surface area contributed by atoms with Crippen LogP contribution in [0.5, 0.6) is 0 Å². The third-order valence-corrected chi connectivity index (χ3v) is 6.03. The van der Waals surface area contributed by atoms with Gasteiger partial charge in [-0.2, -0.15) is 0 Å². The highest BCUT2D eigenvalue weighted by Gasteiger charge is 2.21. The Morgan fingerprint density at radius 2 is 1.81 bits per heavy atom. The van der Waals surface area contributed by atoms with Gasteiger partial charge in [-0.05, 0) is 37.1 Å². The maximum absolute atomic E-state index is 12.4. The molecule has 1 N–H and O–H groups in total. The zero-order valence-corrected chi connectivity index (χ0v) is 16.3. The van der Waals surface area contributed by atoms with Crippen LogP contribution in [0.25, 0.3) is 0 Å². The molecule has 0 atom stereocenters. The number of hydrogen-bond donors (Lipinski definition) is 1. The van der Waals surface area contributed by atoms with Crippen molar-refractivity contribution in [1.82, 2.24) is 4.31 Å². The number of para-hydroxylation sites is 1. The monoisotopic (exact) mass is 391 g/mol. The minimum absolute atomic E-state index is 0.0663. The van der Waals surface area contributed by atoms with Crippen LogP contribution in [-0.2, 0) is 21.2 Å². The fourth-order valence-electron chi connectivity index (χ4n) is 2.52. The van der Waals surface area contributed by atoms with Crippen LogP contribution in [0.3, 0.4) is 0 Å². The van der Waals surface area contributed by atoms with Crippen LogP contribution in [0.1, 0.15) is 16.7 Å². The van der Waals surface area contributed by atoms with E-state index in [0.29, 0.717) is 11.3 Å². The zero-order valence-electron chi connectivity index (χ0n) is 15.5. The number of nitro groups is 1. The van der Waals surface area contributed by atoms with Crippen molar-refractivity contribution >= 4 is 27.3 Å². The molecule has 0 unspecified atom stereocenters. The van der Waals surface area contributed by atoms with Crippen LogP contribution in [0.2, 0.25) is 0 Å². The van der Waals surface area contributed by atoms with Gasteiger partial charge in [-0.25, -0.2) is 12.7 Å². The highest BCUT2D eigenvalue weighted by atomic mass is 32.2. The smallest absolute Gasteiger partial charge is 0.273 e. The molecule has 0 aliphatic carbocycles. The highest BCUT2D eigenvalue weighted by molar-refractivity contribution is 7.89. The van der Waals surface area contributed by atoms with E-state index in [-0.39, 0.29) is 22.6 Å². The molecule has 9 heteroatoms. The number of aryl methyl sites for hydroxylation is 1. The second-order valence-corrected chi connectivity index (χ2v) is 8.46. The maximum Gasteiger partial charge on any atom is 0.273 e. The lowest BCUT2D eigenvalue weighted by atomic mass is 10.1. The molecule has 0 heterocycles. The summed E-state index contributed by atoms with van der Waals surface area (Å²) in [6, 6.07) is 8.94. The van der Waals surface area contributed by atoms with E-state index in [2.05, 4.69) is 5.32 Å². The molecular formula is C18H21N3O5S. The molecule has 8 nitrogen and oxygen atoms in total. The van der Waals surface area contributed by atoms with Gasteiger partial charge in [0.2, 0.25) is 15.9 Å². The van der Waals surface area contributed by atoms with Crippen molar-refractivity contribution in [2.75, 3.05) is 19.4 Å². The van der Waals surface area contributed by atoms with Crippen LogP contribution in [-0.4, -0.2) is 37.6 Å². The van der Waals surface area contributed by atoms with Crippen LogP contribution in [0.15, 0.2) is 41.3 Å². The van der Waals surface area contributed by atoms with Crippen LogP contribution in [0, 0.1) is 24.0 Å². The summed E-state index contributed by atoms with van der Waals surface area (Å²) in [7, 11) is -0.803. The Morgan fingerprint density at radius 1 is 1.19 bits per heavy atom. The number of carbonyl (C=O) groups excluding carboxylic acids is 1. The lowest BCUT2D eigenvalue weighted by Crippen LogP contribution is -2.23. The van der Waals surface area contributed by atoms with Gasteiger partial charge in [0.15, 0.2) is 0 Å². The Balaban J connectivity index is 2.34. The van der Waals surface area contributed by atoms with Crippen molar-refractivity contribution in [2.24, 2.45) is 0 Å². The normalized spacial score (nSPS) is 11.4. The van der Waals surface area contributed by atoms with Crippen molar-refractivity contribution in [3.8, 4) is 0 Å². The third kappa shape index (κ3) is 4.50. The molecule has 144 valence electrons. The van der Waals surface area contributed by atoms with Crippen molar-refractivity contribution in [3.63, 3.8) is 0 Å². The third-order valence-electron chi connectivity index (χ3n) is 4.23. The minimum atomic E-state index is -3.66. The summed E-state index contributed by atoms with van der Waals surface area (Å²) in [6.07, 6.45) is -0.194. The van der Waals surface area contributed by atoms with E-state index in [1.165, 1.54) is 38.4 Å². The van der Waals surface area contributed by atoms with Gasteiger partial charge in [-0.1, -0.05) is 18.2 Å². The van der Waals surface area contributed by atoms with Gasteiger partial charge < -0.3 is 5.32 Å². The maximum atomic E-state index is 12.4. The van der Waals surface area contributed by atoms with E-state index in [1.807, 2.05) is 0 Å². The summed E-state index contributed by atoms with van der Waals surface area (Å²) in [6.45, 7) is 3.52. The van der Waals surface area contributed by atoms with E-state index >= 15 is 0 Å². The van der Waals surface area contributed by atoms with Gasteiger partial charge in [0.1, 0.15) is 0 Å². The first kappa shape index (κ1) is 20.5. The highest BCUT2D eigenvalue weighted by Crippen LogP contribution is 2.26. The number of carbonyl (C=O) groups is 1. The van der Waals surface area contributed by atoms with Gasteiger partial charge in [-0.15, -0.1) is 0 Å². The molecule has 0 aliphatic rings. The minimum Gasteiger partial charge on any atom is -0.326 e. The summed E-state index contributed by atoms with van der Waals surface area (Å²) in [5, 5.41) is 13.8. The summed E-state index contributed by atoms with van der Waals surface area (Å²) in [5.74, 6) is -0.466. The Kier molecular flexibility index (Phi) is 5.97. The number of nitro benzene ring substituents is 1. The number of hydrogen-bond acceptors (Lipinski definition) is 5. The molecule has 2 aromatic rings. The van der Waals surface area contributed by atoms with Gasteiger partial charge in [0, 0.05) is 31.4 Å². The summed E-state index contributed by atoms with van der Waals surface area (Å²) >= 11 is 0. The van der Waals surface area contributed by atoms with E-state index < -0.39 is 20.9 Å². The van der Waals surface area contributed by atoms with Crippen molar-refractivity contribution < 1.29 is 18.1 Å². The fourth-order valence-corrected chi connectivity index (χ4v) is 3.54. The lowest BCUT2D eigenvalue weighted by Gasteiger charge is -2.16.